The van der Waals surface area contributed by atoms with Gasteiger partial charge in [-0.15, -0.1) is 0 Å². The number of nitrogens with zero attached hydrogens (tertiary/aromatic N) is 1. The summed E-state index contributed by atoms with van der Waals surface area (Å²) in [4.78, 5) is 41.6. The minimum absolute atomic E-state index is 0.114. The fourth-order valence-corrected chi connectivity index (χ4v) is 3.69. The van der Waals surface area contributed by atoms with Gasteiger partial charge < -0.3 is 14.6 Å². The zero-order valence-electron chi connectivity index (χ0n) is 16.1. The van der Waals surface area contributed by atoms with Gasteiger partial charge in [0, 0.05) is 24.3 Å². The van der Waals surface area contributed by atoms with Crippen LogP contribution in [0.15, 0.2) is 24.3 Å². The van der Waals surface area contributed by atoms with Crippen molar-refractivity contribution in [2.24, 2.45) is 0 Å². The van der Waals surface area contributed by atoms with Gasteiger partial charge in [0.15, 0.2) is 11.9 Å². The molecule has 0 bridgehead atoms. The molecular weight excluding hydrogens is 344 g/mol. The van der Waals surface area contributed by atoms with Crippen LogP contribution in [0.1, 0.15) is 57.1 Å². The fraction of sp³-hybridized carbons (Fsp3) is 0.381. The molecule has 1 atom stereocenters. The van der Waals surface area contributed by atoms with Crippen LogP contribution in [0.4, 0.5) is 0 Å². The van der Waals surface area contributed by atoms with Gasteiger partial charge in [0.1, 0.15) is 5.69 Å². The Kier molecular flexibility index (Phi) is 5.17. The molecule has 6 heteroatoms. The van der Waals surface area contributed by atoms with Gasteiger partial charge in [0.2, 0.25) is 0 Å². The highest BCUT2D eigenvalue weighted by molar-refractivity contribution is 6.01. The summed E-state index contributed by atoms with van der Waals surface area (Å²) in [5.74, 6) is -0.955. The molecule has 0 unspecified atom stereocenters. The Bertz CT molecular complexity index is 913. The molecule has 0 radical (unpaired) electrons. The first-order valence-corrected chi connectivity index (χ1v) is 9.06. The molecule has 0 saturated carbocycles. The van der Waals surface area contributed by atoms with Crippen molar-refractivity contribution < 1.29 is 19.1 Å². The lowest BCUT2D eigenvalue weighted by Crippen LogP contribution is -2.42. The fourth-order valence-electron chi connectivity index (χ4n) is 3.69. The van der Waals surface area contributed by atoms with E-state index in [2.05, 4.69) is 11.1 Å². The first kappa shape index (κ1) is 18.9. The second-order valence-corrected chi connectivity index (χ2v) is 7.01. The molecule has 2 heterocycles. The summed E-state index contributed by atoms with van der Waals surface area (Å²) in [7, 11) is 0. The van der Waals surface area contributed by atoms with Crippen LogP contribution >= 0.6 is 0 Å². The largest absolute Gasteiger partial charge is 0.448 e. The van der Waals surface area contributed by atoms with E-state index in [9.17, 15) is 14.4 Å². The number of nitrogens with one attached hydrogen (secondary N) is 1. The number of fused-ring (bicyclic) bond motifs is 1. The lowest BCUT2D eigenvalue weighted by molar-refractivity contribution is -0.140. The summed E-state index contributed by atoms with van der Waals surface area (Å²) in [6.45, 7) is 7.60. The van der Waals surface area contributed by atoms with Gasteiger partial charge in [-0.2, -0.15) is 0 Å². The molecule has 1 aliphatic heterocycles. The van der Waals surface area contributed by atoms with Crippen LogP contribution in [-0.2, 0) is 22.5 Å². The Hall–Kier alpha value is -2.89. The maximum atomic E-state index is 12.7. The third-order valence-electron chi connectivity index (χ3n) is 5.07. The third-order valence-corrected chi connectivity index (χ3v) is 5.07. The highest BCUT2D eigenvalue weighted by atomic mass is 16.5. The molecule has 0 fully saturated rings. The summed E-state index contributed by atoms with van der Waals surface area (Å²) >= 11 is 0. The Balaban J connectivity index is 1.69. The molecule has 1 aromatic carbocycles. The van der Waals surface area contributed by atoms with Gasteiger partial charge in [-0.05, 0) is 50.8 Å². The number of aromatic amines is 1. The normalized spacial score (nSPS) is 14.4. The Morgan fingerprint density at radius 1 is 1.15 bits per heavy atom. The highest BCUT2D eigenvalue weighted by Gasteiger charge is 2.29. The predicted octanol–water partition coefficient (Wildman–Crippen LogP) is 2.96. The number of aryl methyl sites for hydroxylation is 1. The molecule has 6 nitrogen and oxygen atoms in total. The summed E-state index contributed by atoms with van der Waals surface area (Å²) < 4.78 is 5.40. The molecule has 1 aromatic heterocycles. The number of Topliss-reactive ketones (excluding diaryl/α,β-unsaturated/α-hetero) is 1. The van der Waals surface area contributed by atoms with E-state index in [1.54, 1.807) is 25.7 Å². The van der Waals surface area contributed by atoms with E-state index in [0.717, 1.165) is 12.0 Å². The van der Waals surface area contributed by atoms with Crippen LogP contribution in [0.5, 0.6) is 0 Å². The van der Waals surface area contributed by atoms with Crippen molar-refractivity contribution in [1.29, 1.82) is 0 Å². The molecule has 142 valence electrons. The molecular formula is C21H24N2O4. The molecule has 1 amide bonds. The van der Waals surface area contributed by atoms with E-state index in [0.29, 0.717) is 29.9 Å². The maximum Gasteiger partial charge on any atom is 0.355 e. The number of rotatable bonds is 4. The van der Waals surface area contributed by atoms with Crippen LogP contribution in [0, 0.1) is 13.8 Å². The van der Waals surface area contributed by atoms with E-state index in [1.807, 2.05) is 18.2 Å². The molecule has 2 aromatic rings. The molecule has 27 heavy (non-hydrogen) atoms. The Morgan fingerprint density at radius 3 is 2.44 bits per heavy atom. The molecule has 0 aliphatic carbocycles. The number of hydrogen-bond donors (Lipinski definition) is 1. The van der Waals surface area contributed by atoms with Gasteiger partial charge in [0.25, 0.3) is 5.91 Å². The Morgan fingerprint density at radius 2 is 1.81 bits per heavy atom. The second-order valence-electron chi connectivity index (χ2n) is 7.01. The van der Waals surface area contributed by atoms with E-state index in [1.165, 1.54) is 12.5 Å². The van der Waals surface area contributed by atoms with Crippen molar-refractivity contribution in [1.82, 2.24) is 9.88 Å². The lowest BCUT2D eigenvalue weighted by atomic mass is 9.99. The summed E-state index contributed by atoms with van der Waals surface area (Å²) in [5, 5.41) is 0. The van der Waals surface area contributed by atoms with Crippen LogP contribution in [0.2, 0.25) is 0 Å². The molecule has 1 N–H and O–H groups in total. The van der Waals surface area contributed by atoms with E-state index < -0.39 is 12.1 Å². The van der Waals surface area contributed by atoms with Gasteiger partial charge in [-0.1, -0.05) is 24.3 Å². The monoisotopic (exact) mass is 368 g/mol. The topological polar surface area (TPSA) is 79.5 Å². The minimum Gasteiger partial charge on any atom is -0.448 e. The number of carbonyl (C=O) groups is 3. The van der Waals surface area contributed by atoms with Gasteiger partial charge >= 0.3 is 5.97 Å². The number of esters is 1. The van der Waals surface area contributed by atoms with Crippen molar-refractivity contribution in [3.63, 3.8) is 0 Å². The smallest absolute Gasteiger partial charge is 0.355 e. The third kappa shape index (κ3) is 3.65. The molecule has 3 rings (SSSR count). The summed E-state index contributed by atoms with van der Waals surface area (Å²) in [6.07, 6.45) is -0.106. The van der Waals surface area contributed by atoms with Crippen molar-refractivity contribution in [2.45, 2.75) is 46.8 Å². The molecule has 0 saturated heterocycles. The average Bonchev–Trinajstić information content (AvgIpc) is 2.95. The zero-order valence-corrected chi connectivity index (χ0v) is 16.1. The average molecular weight is 368 g/mol. The quantitative estimate of drug-likeness (QED) is 0.665. The van der Waals surface area contributed by atoms with Crippen LogP contribution in [0.3, 0.4) is 0 Å². The van der Waals surface area contributed by atoms with Gasteiger partial charge in [0.05, 0.1) is 0 Å². The summed E-state index contributed by atoms with van der Waals surface area (Å²) in [6, 6.07) is 8.04. The maximum absolute atomic E-state index is 12.7. The number of H-pyrrole nitrogens is 1. The first-order chi connectivity index (χ1) is 12.8. The van der Waals surface area contributed by atoms with Crippen molar-refractivity contribution >= 4 is 17.7 Å². The van der Waals surface area contributed by atoms with Crippen molar-refractivity contribution in [3.8, 4) is 0 Å². The first-order valence-electron chi connectivity index (χ1n) is 9.06. The van der Waals surface area contributed by atoms with Gasteiger partial charge in [-0.25, -0.2) is 4.79 Å². The Labute approximate surface area is 158 Å². The van der Waals surface area contributed by atoms with E-state index in [4.69, 9.17) is 4.74 Å². The number of aromatic nitrogens is 1. The van der Waals surface area contributed by atoms with Crippen molar-refractivity contribution in [3.05, 3.63) is 57.9 Å². The van der Waals surface area contributed by atoms with E-state index >= 15 is 0 Å². The van der Waals surface area contributed by atoms with Crippen LogP contribution in [-0.4, -0.2) is 40.2 Å². The standard InChI is InChI=1S/C21H24N2O4/c1-12-18(14(3)24)13(2)22-19(12)21(26)27-15(4)20(25)23-10-9-16-7-5-6-8-17(16)11-23/h5-8,15,22H,9-11H2,1-4H3/t15-/m1/s1. The lowest BCUT2D eigenvalue weighted by Gasteiger charge is -2.30. The number of benzene rings is 1. The van der Waals surface area contributed by atoms with Crippen LogP contribution < -0.4 is 0 Å². The molecule has 0 spiro atoms. The highest BCUT2D eigenvalue weighted by Crippen LogP contribution is 2.22. The number of ketones is 1. The minimum atomic E-state index is -0.897. The number of carbonyl (C=O) groups excluding carboxylic acids is 3. The zero-order chi connectivity index (χ0) is 19.7. The molecule has 1 aliphatic rings. The second kappa shape index (κ2) is 7.39. The van der Waals surface area contributed by atoms with Gasteiger partial charge in [-0.3, -0.25) is 9.59 Å². The van der Waals surface area contributed by atoms with E-state index in [-0.39, 0.29) is 17.4 Å². The van der Waals surface area contributed by atoms with Crippen molar-refractivity contribution in [2.75, 3.05) is 6.54 Å². The number of ether oxygens (including phenoxy) is 1. The SMILES string of the molecule is CC(=O)c1c(C)[nH]c(C(=O)O[C@H](C)C(=O)N2CCc3ccccc3C2)c1C. The predicted molar refractivity (Wildman–Crippen MR) is 101 cm³/mol. The number of amides is 1. The summed E-state index contributed by atoms with van der Waals surface area (Å²) in [5.41, 5.74) is 4.27. The number of hydrogen-bond acceptors (Lipinski definition) is 4. The van der Waals surface area contributed by atoms with Crippen LogP contribution in [0.25, 0.3) is 0 Å².